The number of rotatable bonds is 5. The van der Waals surface area contributed by atoms with Crippen molar-refractivity contribution in [2.45, 2.75) is 59.2 Å². The molecule has 2 aromatic carbocycles. The van der Waals surface area contributed by atoms with Gasteiger partial charge < -0.3 is 9.47 Å². The summed E-state index contributed by atoms with van der Waals surface area (Å²) in [6.07, 6.45) is 1.84. The molecule has 0 saturated heterocycles. The van der Waals surface area contributed by atoms with Crippen LogP contribution < -0.4 is 9.47 Å². The van der Waals surface area contributed by atoms with Gasteiger partial charge in [0.25, 0.3) is 0 Å². The zero-order valence-corrected chi connectivity index (χ0v) is 16.6. The lowest BCUT2D eigenvalue weighted by Crippen LogP contribution is -2.38. The fraction of sp³-hybridized carbons (Fsp3) is 0.409. The average Bonchev–Trinajstić information content (AvgIpc) is 2.59. The lowest BCUT2D eigenvalue weighted by molar-refractivity contribution is -0.115. The van der Waals surface area contributed by atoms with Gasteiger partial charge >= 0.3 is 0 Å². The van der Waals surface area contributed by atoms with Crippen molar-refractivity contribution in [1.29, 1.82) is 0 Å². The topological polar surface area (TPSA) is 35.5 Å². The predicted octanol–water partition coefficient (Wildman–Crippen LogP) is 5.43. The van der Waals surface area contributed by atoms with E-state index in [0.29, 0.717) is 6.61 Å². The molecular formula is C22H25ClO3. The molecule has 0 aromatic heterocycles. The van der Waals surface area contributed by atoms with Crippen LogP contribution in [0.4, 0.5) is 0 Å². The highest BCUT2D eigenvalue weighted by Crippen LogP contribution is 2.44. The molecule has 0 saturated carbocycles. The smallest absolute Gasteiger partial charge is 0.225 e. The van der Waals surface area contributed by atoms with Crippen LogP contribution in [0.2, 0.25) is 0 Å². The minimum absolute atomic E-state index is 0.220. The highest BCUT2D eigenvalue weighted by atomic mass is 35.5. The molecule has 0 spiro atoms. The van der Waals surface area contributed by atoms with Gasteiger partial charge in [0, 0.05) is 5.56 Å². The minimum Gasteiger partial charge on any atom is -0.488 e. The van der Waals surface area contributed by atoms with Crippen molar-refractivity contribution in [1.82, 2.24) is 0 Å². The molecule has 1 unspecified atom stereocenters. The third-order valence-electron chi connectivity index (χ3n) is 5.30. The summed E-state index contributed by atoms with van der Waals surface area (Å²) in [5, 5.41) is -0.357. The van der Waals surface area contributed by atoms with Crippen LogP contribution in [0.25, 0.3) is 0 Å². The van der Waals surface area contributed by atoms with Gasteiger partial charge in [-0.1, -0.05) is 30.3 Å². The molecule has 138 valence electrons. The molecule has 26 heavy (non-hydrogen) atoms. The standard InChI is InChI=1S/C22H25ClO3/c1-14-15(2)21-18(10-11-22(4,26-21)12-19(23)24)16(3)20(14)25-13-17-8-6-5-7-9-17/h5-9H,10-13H2,1-4H3. The average molecular weight is 373 g/mol. The van der Waals surface area contributed by atoms with Gasteiger partial charge in [-0.3, -0.25) is 4.79 Å². The molecule has 1 heterocycles. The van der Waals surface area contributed by atoms with Gasteiger partial charge in [-0.15, -0.1) is 0 Å². The molecule has 0 fully saturated rings. The molecule has 3 nitrogen and oxygen atoms in total. The Kier molecular flexibility index (Phi) is 5.29. The van der Waals surface area contributed by atoms with Crippen molar-refractivity contribution in [3.63, 3.8) is 0 Å². The molecular weight excluding hydrogens is 348 g/mol. The Morgan fingerprint density at radius 3 is 2.50 bits per heavy atom. The van der Waals surface area contributed by atoms with E-state index in [1.54, 1.807) is 0 Å². The van der Waals surface area contributed by atoms with Gasteiger partial charge in [-0.05, 0) is 74.4 Å². The zero-order chi connectivity index (χ0) is 18.9. The number of benzene rings is 2. The van der Waals surface area contributed by atoms with E-state index in [1.165, 1.54) is 5.56 Å². The van der Waals surface area contributed by atoms with Crippen molar-refractivity contribution in [3.05, 3.63) is 58.1 Å². The molecule has 3 rings (SSSR count). The van der Waals surface area contributed by atoms with E-state index in [1.807, 2.05) is 25.1 Å². The molecule has 0 aliphatic carbocycles. The van der Waals surface area contributed by atoms with E-state index in [9.17, 15) is 4.79 Å². The summed E-state index contributed by atoms with van der Waals surface area (Å²) in [5.74, 6) is 1.82. The van der Waals surface area contributed by atoms with Gasteiger partial charge in [0.05, 0.1) is 6.42 Å². The summed E-state index contributed by atoms with van der Waals surface area (Å²) in [6.45, 7) is 8.70. The number of ether oxygens (including phenoxy) is 2. The molecule has 1 atom stereocenters. The van der Waals surface area contributed by atoms with Crippen molar-refractivity contribution in [2.24, 2.45) is 0 Å². The van der Waals surface area contributed by atoms with Crippen LogP contribution in [0.15, 0.2) is 30.3 Å². The Hall–Kier alpha value is -2.00. The van der Waals surface area contributed by atoms with Crippen molar-refractivity contribution < 1.29 is 14.3 Å². The van der Waals surface area contributed by atoms with Crippen molar-refractivity contribution >= 4 is 16.8 Å². The quantitative estimate of drug-likeness (QED) is 0.656. The second-order valence-corrected chi connectivity index (χ2v) is 7.79. The van der Waals surface area contributed by atoms with Crippen LogP contribution in [0, 0.1) is 20.8 Å². The Morgan fingerprint density at radius 1 is 1.15 bits per heavy atom. The Morgan fingerprint density at radius 2 is 1.85 bits per heavy atom. The molecule has 1 aliphatic rings. The minimum atomic E-state index is -0.540. The molecule has 0 N–H and O–H groups in total. The van der Waals surface area contributed by atoms with E-state index in [0.717, 1.165) is 46.6 Å². The number of carbonyl (C=O) groups excluding carboxylic acids is 1. The number of halogens is 1. The third kappa shape index (κ3) is 3.73. The summed E-state index contributed by atoms with van der Waals surface area (Å²) in [6, 6.07) is 10.2. The first-order valence-corrected chi connectivity index (χ1v) is 9.35. The monoisotopic (exact) mass is 372 g/mol. The van der Waals surface area contributed by atoms with Crippen LogP contribution in [0.5, 0.6) is 11.5 Å². The first kappa shape index (κ1) is 18.8. The van der Waals surface area contributed by atoms with E-state index < -0.39 is 5.60 Å². The Bertz CT molecular complexity index is 829. The van der Waals surface area contributed by atoms with Crippen LogP contribution >= 0.6 is 11.6 Å². The maximum Gasteiger partial charge on any atom is 0.225 e. The van der Waals surface area contributed by atoms with Gasteiger partial charge in [0.2, 0.25) is 5.24 Å². The highest BCUT2D eigenvalue weighted by Gasteiger charge is 2.36. The van der Waals surface area contributed by atoms with Gasteiger partial charge in [0.1, 0.15) is 23.7 Å². The highest BCUT2D eigenvalue weighted by molar-refractivity contribution is 6.63. The van der Waals surface area contributed by atoms with Gasteiger partial charge in [-0.2, -0.15) is 0 Å². The summed E-state index contributed by atoms with van der Waals surface area (Å²) in [7, 11) is 0. The lowest BCUT2D eigenvalue weighted by atomic mass is 9.86. The van der Waals surface area contributed by atoms with E-state index >= 15 is 0 Å². The summed E-state index contributed by atoms with van der Waals surface area (Å²) in [4.78, 5) is 11.4. The first-order valence-electron chi connectivity index (χ1n) is 8.97. The van der Waals surface area contributed by atoms with Crippen LogP contribution in [-0.2, 0) is 17.8 Å². The van der Waals surface area contributed by atoms with Crippen molar-refractivity contribution in [2.75, 3.05) is 0 Å². The van der Waals surface area contributed by atoms with Crippen LogP contribution in [0.3, 0.4) is 0 Å². The maximum atomic E-state index is 11.4. The number of carbonyl (C=O) groups is 1. The van der Waals surface area contributed by atoms with E-state index in [2.05, 4.69) is 32.9 Å². The molecule has 4 heteroatoms. The van der Waals surface area contributed by atoms with E-state index in [4.69, 9.17) is 21.1 Å². The number of hydrogen-bond acceptors (Lipinski definition) is 3. The largest absolute Gasteiger partial charge is 0.488 e. The molecule has 0 amide bonds. The molecule has 1 aliphatic heterocycles. The van der Waals surface area contributed by atoms with Crippen LogP contribution in [0.1, 0.15) is 47.6 Å². The fourth-order valence-electron chi connectivity index (χ4n) is 3.65. The second-order valence-electron chi connectivity index (χ2n) is 7.37. The van der Waals surface area contributed by atoms with Crippen LogP contribution in [-0.4, -0.2) is 10.8 Å². The normalized spacial score (nSPS) is 18.8. The number of hydrogen-bond donors (Lipinski definition) is 0. The van der Waals surface area contributed by atoms with Gasteiger partial charge in [-0.25, -0.2) is 0 Å². The lowest BCUT2D eigenvalue weighted by Gasteiger charge is -2.37. The first-order chi connectivity index (χ1) is 12.3. The number of fused-ring (bicyclic) bond motifs is 1. The summed E-state index contributed by atoms with van der Waals surface area (Å²) in [5.41, 5.74) is 5.06. The predicted molar refractivity (Wildman–Crippen MR) is 104 cm³/mol. The maximum absolute atomic E-state index is 11.4. The summed E-state index contributed by atoms with van der Waals surface area (Å²) >= 11 is 5.62. The van der Waals surface area contributed by atoms with Gasteiger partial charge in [0.15, 0.2) is 0 Å². The molecule has 0 radical (unpaired) electrons. The SMILES string of the molecule is Cc1c(C)c2c(c(C)c1OCc1ccccc1)CCC(C)(CC(=O)Cl)O2. The molecule has 2 aromatic rings. The third-order valence-corrected chi connectivity index (χ3v) is 5.44. The Balaban J connectivity index is 1.91. The fourth-order valence-corrected chi connectivity index (χ4v) is 3.93. The summed E-state index contributed by atoms with van der Waals surface area (Å²) < 4.78 is 12.5. The van der Waals surface area contributed by atoms with Crippen molar-refractivity contribution in [3.8, 4) is 11.5 Å². The zero-order valence-electron chi connectivity index (χ0n) is 15.8. The molecule has 0 bridgehead atoms. The Labute approximate surface area is 160 Å². The second kappa shape index (κ2) is 7.32. The van der Waals surface area contributed by atoms with E-state index in [-0.39, 0.29) is 11.7 Å².